The monoisotopic (exact) mass is 430 g/mol. The number of hydrogen-bond acceptors (Lipinski definition) is 3. The highest BCUT2D eigenvalue weighted by atomic mass is 19.4. The van der Waals surface area contributed by atoms with Crippen LogP contribution >= 0.6 is 0 Å². The van der Waals surface area contributed by atoms with Gasteiger partial charge < -0.3 is 14.8 Å². The van der Waals surface area contributed by atoms with Crippen LogP contribution in [-0.2, 0) is 19.3 Å². The van der Waals surface area contributed by atoms with Crippen molar-refractivity contribution in [2.45, 2.75) is 39.2 Å². The lowest BCUT2D eigenvalue weighted by Gasteiger charge is -2.30. The van der Waals surface area contributed by atoms with Crippen molar-refractivity contribution in [3.63, 3.8) is 0 Å². The molecule has 6 nitrogen and oxygen atoms in total. The largest absolute Gasteiger partial charge is 0.416 e. The Balaban J connectivity index is 1.56. The number of carbonyl (C=O) groups is 2. The molecule has 0 fully saturated rings. The Hall–Kier alpha value is -3.36. The van der Waals surface area contributed by atoms with Crippen molar-refractivity contribution in [2.75, 3.05) is 6.54 Å². The highest BCUT2D eigenvalue weighted by Gasteiger charge is 2.33. The molecule has 0 unspecified atom stereocenters. The lowest BCUT2D eigenvalue weighted by Crippen LogP contribution is -2.44. The number of benzene rings is 2. The number of aromatic nitrogens is 2. The zero-order chi connectivity index (χ0) is 22.3. The van der Waals surface area contributed by atoms with E-state index in [1.54, 1.807) is 23.1 Å². The van der Waals surface area contributed by atoms with E-state index in [1.165, 1.54) is 18.2 Å². The van der Waals surface area contributed by atoms with Crippen LogP contribution in [0.3, 0.4) is 0 Å². The maximum Gasteiger partial charge on any atom is 0.416 e. The number of halogens is 3. The molecule has 0 atom stereocenters. The number of fused-ring (bicyclic) bond motifs is 3. The fourth-order valence-corrected chi connectivity index (χ4v) is 3.82. The van der Waals surface area contributed by atoms with Crippen LogP contribution in [0.15, 0.2) is 42.5 Å². The zero-order valence-corrected chi connectivity index (χ0v) is 17.0. The summed E-state index contributed by atoms with van der Waals surface area (Å²) in [4.78, 5) is 31.4. The summed E-state index contributed by atoms with van der Waals surface area (Å²) in [5.41, 5.74) is 0.714. The van der Waals surface area contributed by atoms with Gasteiger partial charge in [0.1, 0.15) is 0 Å². The van der Waals surface area contributed by atoms with Gasteiger partial charge in [0, 0.05) is 31.2 Å². The minimum Gasteiger partial charge on any atom is -0.348 e. The molecule has 0 aliphatic carbocycles. The highest BCUT2D eigenvalue weighted by molar-refractivity contribution is 6.00. The highest BCUT2D eigenvalue weighted by Crippen LogP contribution is 2.31. The molecule has 2 aromatic carbocycles. The molecular weight excluding hydrogens is 409 g/mol. The second-order valence-electron chi connectivity index (χ2n) is 7.72. The molecule has 1 aliphatic rings. The van der Waals surface area contributed by atoms with Crippen molar-refractivity contribution in [3.05, 3.63) is 65.0 Å². The van der Waals surface area contributed by atoms with Crippen molar-refractivity contribution in [1.82, 2.24) is 19.8 Å². The Morgan fingerprint density at radius 2 is 1.90 bits per heavy atom. The van der Waals surface area contributed by atoms with E-state index < -0.39 is 17.6 Å². The third-order valence-corrected chi connectivity index (χ3v) is 5.41. The summed E-state index contributed by atoms with van der Waals surface area (Å²) >= 11 is 0. The molecule has 1 aromatic heterocycles. The maximum absolute atomic E-state index is 13.1. The van der Waals surface area contributed by atoms with Gasteiger partial charge in [-0.05, 0) is 43.7 Å². The lowest BCUT2D eigenvalue weighted by molar-refractivity contribution is -0.138. The van der Waals surface area contributed by atoms with E-state index >= 15 is 0 Å². The van der Waals surface area contributed by atoms with Crippen LogP contribution in [0, 0.1) is 0 Å². The van der Waals surface area contributed by atoms with E-state index in [4.69, 9.17) is 0 Å². The Morgan fingerprint density at radius 3 is 2.61 bits per heavy atom. The van der Waals surface area contributed by atoms with Gasteiger partial charge in [0.05, 0.1) is 16.6 Å². The summed E-state index contributed by atoms with van der Waals surface area (Å²) in [6, 6.07) is 10.0. The second-order valence-corrected chi connectivity index (χ2v) is 7.72. The van der Waals surface area contributed by atoms with Crippen molar-refractivity contribution < 1.29 is 22.8 Å². The number of amides is 2. The molecule has 0 bridgehead atoms. The Labute approximate surface area is 176 Å². The lowest BCUT2D eigenvalue weighted by atomic mass is 10.1. The molecule has 3 aromatic rings. The summed E-state index contributed by atoms with van der Waals surface area (Å²) in [5, 5.41) is 2.54. The smallest absolute Gasteiger partial charge is 0.348 e. The first kappa shape index (κ1) is 20.9. The fraction of sp³-hybridized carbons (Fsp3) is 0.318. The molecular formula is C22H21F3N4O2. The minimum atomic E-state index is -4.49. The number of carbonyl (C=O) groups excluding carboxylic acids is 2. The van der Waals surface area contributed by atoms with Gasteiger partial charge in [0.2, 0.25) is 0 Å². The van der Waals surface area contributed by atoms with Crippen molar-refractivity contribution in [2.24, 2.45) is 0 Å². The number of rotatable bonds is 4. The van der Waals surface area contributed by atoms with Gasteiger partial charge in [-0.3, -0.25) is 9.59 Å². The van der Waals surface area contributed by atoms with Crippen LogP contribution in [0.25, 0.3) is 11.0 Å². The van der Waals surface area contributed by atoms with Gasteiger partial charge in [-0.15, -0.1) is 0 Å². The summed E-state index contributed by atoms with van der Waals surface area (Å²) in [7, 11) is 0. The van der Waals surface area contributed by atoms with E-state index in [2.05, 4.69) is 10.3 Å². The Bertz CT molecular complexity index is 1170. The summed E-state index contributed by atoms with van der Waals surface area (Å²) in [6.07, 6.45) is -4.49. The van der Waals surface area contributed by atoms with Crippen LogP contribution in [0.4, 0.5) is 13.2 Å². The Morgan fingerprint density at radius 1 is 1.16 bits per heavy atom. The summed E-state index contributed by atoms with van der Waals surface area (Å²) in [5.74, 6) is -0.348. The third-order valence-electron chi connectivity index (χ3n) is 5.41. The summed E-state index contributed by atoms with van der Waals surface area (Å²) < 4.78 is 41.2. The molecule has 4 rings (SSSR count). The molecule has 162 valence electrons. The van der Waals surface area contributed by atoms with Gasteiger partial charge in [0.15, 0.2) is 5.82 Å². The summed E-state index contributed by atoms with van der Waals surface area (Å²) in [6.45, 7) is 4.81. The van der Waals surface area contributed by atoms with Crippen LogP contribution in [0.1, 0.15) is 46.0 Å². The van der Waals surface area contributed by atoms with Gasteiger partial charge in [0.25, 0.3) is 11.8 Å². The first-order chi connectivity index (χ1) is 14.7. The van der Waals surface area contributed by atoms with Gasteiger partial charge >= 0.3 is 6.18 Å². The molecule has 0 spiro atoms. The maximum atomic E-state index is 13.1. The SMILES string of the molecule is CC(C)N1CCn2c(nc3cc(C(=O)NCc4ccccc4C(F)(F)F)ccc32)C1=O. The molecule has 1 N–H and O–H groups in total. The average molecular weight is 430 g/mol. The van der Waals surface area contributed by atoms with E-state index in [-0.39, 0.29) is 29.6 Å². The van der Waals surface area contributed by atoms with Crippen molar-refractivity contribution in [1.29, 1.82) is 0 Å². The van der Waals surface area contributed by atoms with E-state index in [1.807, 2.05) is 18.4 Å². The molecule has 1 aliphatic heterocycles. The first-order valence-electron chi connectivity index (χ1n) is 9.91. The molecule has 9 heteroatoms. The normalized spacial score (nSPS) is 14.3. The Kier molecular flexibility index (Phi) is 5.20. The van der Waals surface area contributed by atoms with E-state index in [9.17, 15) is 22.8 Å². The molecule has 0 saturated heterocycles. The predicted molar refractivity (Wildman–Crippen MR) is 109 cm³/mol. The van der Waals surface area contributed by atoms with Crippen LogP contribution < -0.4 is 5.32 Å². The molecule has 31 heavy (non-hydrogen) atoms. The molecule has 2 heterocycles. The van der Waals surface area contributed by atoms with Crippen molar-refractivity contribution in [3.8, 4) is 0 Å². The van der Waals surface area contributed by atoms with Crippen LogP contribution in [-0.4, -0.2) is 38.9 Å². The number of nitrogens with one attached hydrogen (secondary N) is 1. The number of nitrogens with zero attached hydrogens (tertiary/aromatic N) is 3. The first-order valence-corrected chi connectivity index (χ1v) is 9.91. The molecule has 2 amide bonds. The molecule has 0 radical (unpaired) electrons. The minimum absolute atomic E-state index is 0.0127. The van der Waals surface area contributed by atoms with E-state index in [0.717, 1.165) is 11.6 Å². The van der Waals surface area contributed by atoms with Crippen LogP contribution in [0.2, 0.25) is 0 Å². The standard InChI is InChI=1S/C22H21F3N4O2/c1-13(2)28-9-10-29-18-8-7-14(11-17(18)27-19(29)21(28)31)20(30)26-12-15-5-3-4-6-16(15)22(23,24)25/h3-8,11,13H,9-10,12H2,1-2H3,(H,26,30). The van der Waals surface area contributed by atoms with Gasteiger partial charge in [-0.25, -0.2) is 4.98 Å². The number of imidazole rings is 1. The quantitative estimate of drug-likeness (QED) is 0.684. The van der Waals surface area contributed by atoms with E-state index in [0.29, 0.717) is 24.4 Å². The zero-order valence-electron chi connectivity index (χ0n) is 17.0. The van der Waals surface area contributed by atoms with Crippen LogP contribution in [0.5, 0.6) is 0 Å². The van der Waals surface area contributed by atoms with Gasteiger partial charge in [-0.1, -0.05) is 18.2 Å². The average Bonchev–Trinajstić information content (AvgIpc) is 3.10. The third kappa shape index (κ3) is 3.87. The number of hydrogen-bond donors (Lipinski definition) is 1. The second kappa shape index (κ2) is 7.72. The number of alkyl halides is 3. The fourth-order valence-electron chi connectivity index (χ4n) is 3.82. The van der Waals surface area contributed by atoms with Crippen molar-refractivity contribution >= 4 is 22.8 Å². The van der Waals surface area contributed by atoms with Gasteiger partial charge in [-0.2, -0.15) is 13.2 Å². The topological polar surface area (TPSA) is 67.2 Å². The predicted octanol–water partition coefficient (Wildman–Crippen LogP) is 3.85. The molecule has 0 saturated carbocycles.